The van der Waals surface area contributed by atoms with Crippen molar-refractivity contribution in [2.75, 3.05) is 0 Å². The van der Waals surface area contributed by atoms with Crippen LogP contribution in [0.4, 0.5) is 0 Å². The zero-order chi connectivity index (χ0) is 10.4. The molecule has 1 aromatic heterocycles. The molecule has 0 aliphatic rings. The fourth-order valence-electron chi connectivity index (χ4n) is 0.957. The van der Waals surface area contributed by atoms with Crippen LogP contribution >= 0.6 is 0 Å². The van der Waals surface area contributed by atoms with Crippen molar-refractivity contribution in [2.45, 2.75) is 13.3 Å². The third-order valence-corrected chi connectivity index (χ3v) is 1.55. The predicted octanol–water partition coefficient (Wildman–Crippen LogP) is 1.64. The highest BCUT2D eigenvalue weighted by molar-refractivity contribution is 6.05. The van der Waals surface area contributed by atoms with Gasteiger partial charge < -0.3 is 0 Å². The number of Topliss-reactive ketones (excluding diaryl/α,β-unsaturated/α-hetero) is 1. The summed E-state index contributed by atoms with van der Waals surface area (Å²) in [5, 5.41) is 0. The highest BCUT2D eigenvalue weighted by Gasteiger charge is 1.99. The third-order valence-electron chi connectivity index (χ3n) is 1.55. The van der Waals surface area contributed by atoms with Gasteiger partial charge in [-0.1, -0.05) is 6.07 Å². The lowest BCUT2D eigenvalue weighted by atomic mass is 10.2. The first-order valence-corrected chi connectivity index (χ1v) is 4.30. The molecule has 0 atom stereocenters. The number of rotatable bonds is 4. The SMILES string of the molecule is CC(=O)CC(=O)/C=C/c1ccccn1. The van der Waals surface area contributed by atoms with Crippen LogP contribution in [0.1, 0.15) is 19.0 Å². The van der Waals surface area contributed by atoms with Crippen LogP contribution in [0.25, 0.3) is 6.08 Å². The lowest BCUT2D eigenvalue weighted by Crippen LogP contribution is -2.00. The second-order valence-corrected chi connectivity index (χ2v) is 2.93. The molecule has 0 bridgehead atoms. The van der Waals surface area contributed by atoms with Crippen molar-refractivity contribution in [1.82, 2.24) is 4.98 Å². The molecule has 0 aliphatic heterocycles. The molecule has 0 amide bonds. The van der Waals surface area contributed by atoms with E-state index in [1.165, 1.54) is 13.0 Å². The summed E-state index contributed by atoms with van der Waals surface area (Å²) in [6, 6.07) is 5.43. The molecule has 3 nitrogen and oxygen atoms in total. The zero-order valence-corrected chi connectivity index (χ0v) is 7.93. The molecule has 72 valence electrons. The summed E-state index contributed by atoms with van der Waals surface area (Å²) in [6.07, 6.45) is 4.59. The van der Waals surface area contributed by atoms with E-state index in [1.54, 1.807) is 24.4 Å². The minimum atomic E-state index is -0.192. The molecule has 1 aromatic rings. The van der Waals surface area contributed by atoms with E-state index in [9.17, 15) is 9.59 Å². The van der Waals surface area contributed by atoms with Crippen LogP contribution in [-0.2, 0) is 9.59 Å². The number of hydrogen-bond acceptors (Lipinski definition) is 3. The number of pyridine rings is 1. The molecular weight excluding hydrogens is 178 g/mol. The summed E-state index contributed by atoms with van der Waals surface area (Å²) >= 11 is 0. The van der Waals surface area contributed by atoms with Crippen LogP contribution in [0.3, 0.4) is 0 Å². The first-order valence-electron chi connectivity index (χ1n) is 4.30. The van der Waals surface area contributed by atoms with Crippen molar-refractivity contribution in [3.8, 4) is 0 Å². The van der Waals surface area contributed by atoms with Gasteiger partial charge in [0.1, 0.15) is 5.78 Å². The molecule has 14 heavy (non-hydrogen) atoms. The first kappa shape index (κ1) is 10.3. The van der Waals surface area contributed by atoms with Crippen LogP contribution in [-0.4, -0.2) is 16.6 Å². The van der Waals surface area contributed by atoms with Crippen LogP contribution in [0.15, 0.2) is 30.5 Å². The van der Waals surface area contributed by atoms with Crippen molar-refractivity contribution in [3.63, 3.8) is 0 Å². The normalized spacial score (nSPS) is 10.4. The topological polar surface area (TPSA) is 47.0 Å². The van der Waals surface area contributed by atoms with Crippen molar-refractivity contribution < 1.29 is 9.59 Å². The van der Waals surface area contributed by atoms with Gasteiger partial charge in [0.25, 0.3) is 0 Å². The molecule has 0 spiro atoms. The Kier molecular flexibility index (Phi) is 3.73. The summed E-state index contributed by atoms with van der Waals surface area (Å²) in [5.74, 6) is -0.316. The lowest BCUT2D eigenvalue weighted by Gasteiger charge is -1.90. The second kappa shape index (κ2) is 5.07. The highest BCUT2D eigenvalue weighted by atomic mass is 16.1. The van der Waals surface area contributed by atoms with E-state index in [2.05, 4.69) is 4.98 Å². The maximum Gasteiger partial charge on any atom is 0.163 e. The Labute approximate surface area is 82.5 Å². The van der Waals surface area contributed by atoms with E-state index in [-0.39, 0.29) is 18.0 Å². The minimum absolute atomic E-state index is 0.0384. The van der Waals surface area contributed by atoms with Crippen LogP contribution in [0.5, 0.6) is 0 Å². The Bertz CT molecular complexity index is 355. The van der Waals surface area contributed by atoms with Gasteiger partial charge in [-0.15, -0.1) is 0 Å². The van der Waals surface area contributed by atoms with E-state index in [0.29, 0.717) is 5.69 Å². The summed E-state index contributed by atoms with van der Waals surface area (Å²) in [6.45, 7) is 1.40. The summed E-state index contributed by atoms with van der Waals surface area (Å²) in [4.78, 5) is 25.7. The van der Waals surface area contributed by atoms with E-state index in [1.807, 2.05) is 6.07 Å². The van der Waals surface area contributed by atoms with Gasteiger partial charge >= 0.3 is 0 Å². The number of carbonyl (C=O) groups is 2. The molecule has 0 fully saturated rings. The lowest BCUT2D eigenvalue weighted by molar-refractivity contribution is -0.123. The van der Waals surface area contributed by atoms with Crippen LogP contribution < -0.4 is 0 Å². The molecule has 0 aliphatic carbocycles. The molecule has 3 heteroatoms. The summed E-state index contributed by atoms with van der Waals surface area (Å²) < 4.78 is 0. The highest BCUT2D eigenvalue weighted by Crippen LogP contribution is 1.97. The monoisotopic (exact) mass is 189 g/mol. The molecule has 0 N–H and O–H groups in total. The van der Waals surface area contributed by atoms with Gasteiger partial charge in [0.05, 0.1) is 12.1 Å². The number of carbonyl (C=O) groups excluding carboxylic acids is 2. The van der Waals surface area contributed by atoms with Crippen molar-refractivity contribution in [2.24, 2.45) is 0 Å². The molecule has 0 radical (unpaired) electrons. The first-order chi connectivity index (χ1) is 6.68. The molecule has 1 rings (SSSR count). The van der Waals surface area contributed by atoms with E-state index >= 15 is 0 Å². The molecule has 1 heterocycles. The molecule has 0 saturated heterocycles. The van der Waals surface area contributed by atoms with Gasteiger partial charge in [-0.3, -0.25) is 14.6 Å². The number of aromatic nitrogens is 1. The fraction of sp³-hybridized carbons (Fsp3) is 0.182. The smallest absolute Gasteiger partial charge is 0.163 e. The molecule has 0 aromatic carbocycles. The standard InChI is InChI=1S/C11H11NO2/c1-9(13)8-11(14)6-5-10-4-2-3-7-12-10/h2-7H,8H2,1H3/b6-5+. The Balaban J connectivity index is 2.56. The predicted molar refractivity (Wildman–Crippen MR) is 53.6 cm³/mol. The number of nitrogens with zero attached hydrogens (tertiary/aromatic N) is 1. The Morgan fingerprint density at radius 2 is 2.21 bits per heavy atom. The van der Waals surface area contributed by atoms with Gasteiger partial charge in [-0.05, 0) is 31.2 Å². The van der Waals surface area contributed by atoms with Crippen molar-refractivity contribution >= 4 is 17.6 Å². The maximum atomic E-state index is 11.1. The maximum absolute atomic E-state index is 11.1. The zero-order valence-electron chi connectivity index (χ0n) is 7.93. The van der Waals surface area contributed by atoms with Gasteiger partial charge in [-0.2, -0.15) is 0 Å². The fourth-order valence-corrected chi connectivity index (χ4v) is 0.957. The van der Waals surface area contributed by atoms with Gasteiger partial charge in [0.15, 0.2) is 5.78 Å². The third kappa shape index (κ3) is 3.76. The van der Waals surface area contributed by atoms with Gasteiger partial charge in [0.2, 0.25) is 0 Å². The Hall–Kier alpha value is -1.77. The second-order valence-electron chi connectivity index (χ2n) is 2.93. The summed E-state index contributed by atoms with van der Waals surface area (Å²) in [5.41, 5.74) is 0.712. The molecule has 0 saturated carbocycles. The van der Waals surface area contributed by atoms with E-state index in [0.717, 1.165) is 0 Å². The Morgan fingerprint density at radius 3 is 2.79 bits per heavy atom. The van der Waals surface area contributed by atoms with E-state index in [4.69, 9.17) is 0 Å². The van der Waals surface area contributed by atoms with E-state index < -0.39 is 0 Å². The largest absolute Gasteiger partial charge is 0.300 e. The van der Waals surface area contributed by atoms with Crippen molar-refractivity contribution in [1.29, 1.82) is 0 Å². The quantitative estimate of drug-likeness (QED) is 0.534. The summed E-state index contributed by atoms with van der Waals surface area (Å²) in [7, 11) is 0. The number of hydrogen-bond donors (Lipinski definition) is 0. The number of allylic oxidation sites excluding steroid dienone is 1. The minimum Gasteiger partial charge on any atom is -0.300 e. The van der Waals surface area contributed by atoms with Gasteiger partial charge in [-0.25, -0.2) is 0 Å². The molecule has 0 unspecified atom stereocenters. The Morgan fingerprint density at radius 1 is 1.43 bits per heavy atom. The molecular formula is C11H11NO2. The number of ketones is 2. The van der Waals surface area contributed by atoms with Crippen LogP contribution in [0.2, 0.25) is 0 Å². The average Bonchev–Trinajstić information content (AvgIpc) is 2.15. The van der Waals surface area contributed by atoms with Crippen LogP contribution in [0, 0.1) is 0 Å². The average molecular weight is 189 g/mol. The van der Waals surface area contributed by atoms with Crippen molar-refractivity contribution in [3.05, 3.63) is 36.2 Å². The van der Waals surface area contributed by atoms with Gasteiger partial charge in [0, 0.05) is 6.20 Å².